The van der Waals surface area contributed by atoms with E-state index in [-0.39, 0.29) is 36.3 Å². The van der Waals surface area contributed by atoms with E-state index >= 15 is 0 Å². The molecule has 0 spiro atoms. The van der Waals surface area contributed by atoms with Gasteiger partial charge in [-0.05, 0) is 49.4 Å². The first-order valence-electron chi connectivity index (χ1n) is 9.68. The lowest BCUT2D eigenvalue weighted by atomic mass is 10.0. The molecule has 6 nitrogen and oxygen atoms in total. The van der Waals surface area contributed by atoms with E-state index in [9.17, 15) is 8.78 Å². The summed E-state index contributed by atoms with van der Waals surface area (Å²) >= 11 is 6.03. The van der Waals surface area contributed by atoms with Gasteiger partial charge in [-0.3, -0.25) is 4.68 Å². The van der Waals surface area contributed by atoms with Gasteiger partial charge in [-0.1, -0.05) is 11.6 Å². The van der Waals surface area contributed by atoms with Crippen LogP contribution in [0.25, 0.3) is 0 Å². The molecule has 30 heavy (non-hydrogen) atoms. The number of nitrogens with zero attached hydrogens (tertiary/aromatic N) is 4. The van der Waals surface area contributed by atoms with Gasteiger partial charge in [0.1, 0.15) is 5.75 Å². The highest BCUT2D eigenvalue weighted by Crippen LogP contribution is 2.26. The summed E-state index contributed by atoms with van der Waals surface area (Å²) in [6.45, 7) is 1.82. The number of alkyl halides is 2. The molecule has 1 aliphatic heterocycles. The fourth-order valence-electron chi connectivity index (χ4n) is 3.57. The second-order valence-corrected chi connectivity index (χ2v) is 7.56. The summed E-state index contributed by atoms with van der Waals surface area (Å²) in [6.07, 6.45) is 6.00. The van der Waals surface area contributed by atoms with Gasteiger partial charge < -0.3 is 15.0 Å². The monoisotopic (exact) mass is 553 g/mol. The van der Waals surface area contributed by atoms with E-state index in [1.165, 1.54) is 17.7 Å². The summed E-state index contributed by atoms with van der Waals surface area (Å²) in [5.74, 6) is 1.39. The van der Waals surface area contributed by atoms with Crippen LogP contribution in [-0.2, 0) is 20.0 Å². The number of halogens is 4. The van der Waals surface area contributed by atoms with Crippen molar-refractivity contribution >= 4 is 41.5 Å². The Morgan fingerprint density at radius 2 is 2.23 bits per heavy atom. The third kappa shape index (κ3) is 6.97. The van der Waals surface area contributed by atoms with Crippen LogP contribution in [0.3, 0.4) is 0 Å². The number of likely N-dealkylation sites (tertiary alicyclic amines) is 1. The number of guanidine groups is 1. The van der Waals surface area contributed by atoms with Crippen LogP contribution in [0, 0.1) is 5.92 Å². The Hall–Kier alpha value is -1.62. The number of nitrogens with one attached hydrogen (secondary N) is 1. The molecule has 1 unspecified atom stereocenters. The van der Waals surface area contributed by atoms with Gasteiger partial charge in [0.2, 0.25) is 0 Å². The van der Waals surface area contributed by atoms with E-state index in [1.54, 1.807) is 6.07 Å². The number of ether oxygens (including phenoxy) is 1. The zero-order chi connectivity index (χ0) is 20.8. The fourth-order valence-corrected chi connectivity index (χ4v) is 3.77. The molecule has 3 rings (SSSR count). The normalized spacial score (nSPS) is 16.7. The zero-order valence-electron chi connectivity index (χ0n) is 17.0. The molecule has 1 aliphatic rings. The smallest absolute Gasteiger partial charge is 0.387 e. The predicted octanol–water partition coefficient (Wildman–Crippen LogP) is 4.32. The minimum absolute atomic E-state index is 0. The van der Waals surface area contributed by atoms with Crippen LogP contribution in [0.1, 0.15) is 24.5 Å². The molecule has 166 valence electrons. The topological polar surface area (TPSA) is 54.7 Å². The first-order valence-corrected chi connectivity index (χ1v) is 10.1. The Labute approximate surface area is 197 Å². The van der Waals surface area contributed by atoms with Crippen molar-refractivity contribution in [1.29, 1.82) is 0 Å². The summed E-state index contributed by atoms with van der Waals surface area (Å²) in [7, 11) is 1.92. The Morgan fingerprint density at radius 1 is 1.43 bits per heavy atom. The molecule has 0 saturated carbocycles. The largest absolute Gasteiger partial charge is 0.434 e. The molecular weight excluding hydrogens is 527 g/mol. The van der Waals surface area contributed by atoms with Crippen molar-refractivity contribution in [3.8, 4) is 5.75 Å². The van der Waals surface area contributed by atoms with Crippen molar-refractivity contribution in [3.63, 3.8) is 0 Å². The lowest BCUT2D eigenvalue weighted by Gasteiger charge is -2.22. The molecule has 1 aromatic heterocycles. The molecule has 1 fully saturated rings. The van der Waals surface area contributed by atoms with Crippen molar-refractivity contribution in [2.75, 3.05) is 19.6 Å². The first-order chi connectivity index (χ1) is 13.9. The summed E-state index contributed by atoms with van der Waals surface area (Å²) in [6, 6.07) is 4.59. The summed E-state index contributed by atoms with van der Waals surface area (Å²) in [4.78, 5) is 6.86. The standard InChI is InChI=1S/C20H26ClF2N5O.HI/c1-3-24-20(25-11-16-9-17(21)4-5-18(16)29-19(22)23)28-7-6-14(13-28)8-15-10-26-27(2)12-15;/h4-5,9-10,12,14,19H,3,6-8,11,13H2,1-2H3,(H,24,25);1H. The van der Waals surface area contributed by atoms with Crippen LogP contribution >= 0.6 is 35.6 Å². The molecule has 0 bridgehead atoms. The first kappa shape index (κ1) is 24.6. The predicted molar refractivity (Wildman–Crippen MR) is 125 cm³/mol. The van der Waals surface area contributed by atoms with E-state index in [0.29, 0.717) is 16.5 Å². The van der Waals surface area contributed by atoms with Gasteiger partial charge in [0.05, 0.1) is 12.7 Å². The average molecular weight is 554 g/mol. The van der Waals surface area contributed by atoms with Crippen LogP contribution in [0.2, 0.25) is 5.02 Å². The molecule has 1 atom stereocenters. The highest BCUT2D eigenvalue weighted by atomic mass is 127. The minimum atomic E-state index is -2.89. The number of hydrogen-bond donors (Lipinski definition) is 1. The van der Waals surface area contributed by atoms with Gasteiger partial charge in [0.25, 0.3) is 0 Å². The maximum Gasteiger partial charge on any atom is 0.387 e. The van der Waals surface area contributed by atoms with E-state index in [1.807, 2.05) is 31.0 Å². The molecule has 0 radical (unpaired) electrons. The Bertz CT molecular complexity index is 848. The van der Waals surface area contributed by atoms with Crippen LogP contribution in [0.5, 0.6) is 5.75 Å². The molecular formula is C20H27ClF2IN5O. The zero-order valence-corrected chi connectivity index (χ0v) is 20.1. The van der Waals surface area contributed by atoms with Gasteiger partial charge in [0.15, 0.2) is 5.96 Å². The van der Waals surface area contributed by atoms with Crippen molar-refractivity contribution in [2.24, 2.45) is 18.0 Å². The molecule has 1 saturated heterocycles. The average Bonchev–Trinajstić information content (AvgIpc) is 3.29. The lowest BCUT2D eigenvalue weighted by Crippen LogP contribution is -2.40. The van der Waals surface area contributed by atoms with Gasteiger partial charge in [-0.25, -0.2) is 4.99 Å². The van der Waals surface area contributed by atoms with E-state index in [0.717, 1.165) is 38.4 Å². The number of rotatable bonds is 7. The van der Waals surface area contributed by atoms with Crippen molar-refractivity contribution in [2.45, 2.75) is 32.9 Å². The van der Waals surface area contributed by atoms with Crippen LogP contribution in [0.15, 0.2) is 35.6 Å². The maximum atomic E-state index is 12.7. The third-order valence-corrected chi connectivity index (χ3v) is 5.08. The van der Waals surface area contributed by atoms with Crippen LogP contribution < -0.4 is 10.1 Å². The van der Waals surface area contributed by atoms with E-state index < -0.39 is 6.61 Å². The molecule has 2 aromatic rings. The van der Waals surface area contributed by atoms with Gasteiger partial charge in [-0.15, -0.1) is 24.0 Å². The summed E-state index contributed by atoms with van der Waals surface area (Å²) < 4.78 is 31.8. The second kappa shape index (κ2) is 11.7. The molecule has 2 heterocycles. The molecule has 0 amide bonds. The number of aliphatic imine (C=N–C) groups is 1. The fraction of sp³-hybridized carbons (Fsp3) is 0.500. The van der Waals surface area contributed by atoms with E-state index in [4.69, 9.17) is 11.6 Å². The van der Waals surface area contributed by atoms with Crippen LogP contribution in [-0.4, -0.2) is 46.9 Å². The van der Waals surface area contributed by atoms with Gasteiger partial charge in [-0.2, -0.15) is 13.9 Å². The summed E-state index contributed by atoms with van der Waals surface area (Å²) in [5, 5.41) is 7.99. The molecule has 0 aliphatic carbocycles. The molecule has 10 heteroatoms. The van der Waals surface area contributed by atoms with Crippen molar-refractivity contribution in [1.82, 2.24) is 20.0 Å². The number of aryl methyl sites for hydroxylation is 1. The minimum Gasteiger partial charge on any atom is -0.434 e. The Kier molecular flexibility index (Phi) is 9.60. The quantitative estimate of drug-likeness (QED) is 0.315. The number of benzene rings is 1. The van der Waals surface area contributed by atoms with Crippen LogP contribution in [0.4, 0.5) is 8.78 Å². The molecule has 1 N–H and O–H groups in total. The summed E-state index contributed by atoms with van der Waals surface area (Å²) in [5.41, 5.74) is 1.76. The van der Waals surface area contributed by atoms with Crippen molar-refractivity contribution in [3.05, 3.63) is 46.7 Å². The Balaban J connectivity index is 0.00000320. The highest BCUT2D eigenvalue weighted by molar-refractivity contribution is 14.0. The SMILES string of the molecule is CCNC(=NCc1cc(Cl)ccc1OC(F)F)N1CCC(Cc2cnn(C)c2)C1.I. The number of hydrogen-bond acceptors (Lipinski definition) is 3. The Morgan fingerprint density at radius 3 is 2.90 bits per heavy atom. The lowest BCUT2D eigenvalue weighted by molar-refractivity contribution is -0.0504. The van der Waals surface area contributed by atoms with Crippen molar-refractivity contribution < 1.29 is 13.5 Å². The second-order valence-electron chi connectivity index (χ2n) is 7.13. The number of aromatic nitrogens is 2. The van der Waals surface area contributed by atoms with E-state index in [2.05, 4.69) is 25.0 Å². The third-order valence-electron chi connectivity index (χ3n) is 4.84. The van der Waals surface area contributed by atoms with Gasteiger partial charge >= 0.3 is 6.61 Å². The molecule has 1 aromatic carbocycles. The van der Waals surface area contributed by atoms with Gasteiger partial charge in [0, 0.05) is 43.5 Å². The highest BCUT2D eigenvalue weighted by Gasteiger charge is 2.25. The maximum absolute atomic E-state index is 12.7.